The zero-order valence-electron chi connectivity index (χ0n) is 23.2. The summed E-state index contributed by atoms with van der Waals surface area (Å²) in [7, 11) is 0. The first-order valence-corrected chi connectivity index (χ1v) is 13.9. The second-order valence-electron chi connectivity index (χ2n) is 11.2. The van der Waals surface area contributed by atoms with Gasteiger partial charge in [-0.2, -0.15) is 18.3 Å². The van der Waals surface area contributed by atoms with Gasteiger partial charge in [0.15, 0.2) is 0 Å². The van der Waals surface area contributed by atoms with E-state index in [9.17, 15) is 32.3 Å². The Morgan fingerprint density at radius 1 is 0.929 bits per heavy atom. The number of alkyl halides is 3. The Labute approximate surface area is 262 Å². The van der Waals surface area contributed by atoms with Gasteiger partial charge in [0.1, 0.15) is 5.82 Å². The summed E-state index contributed by atoms with van der Waals surface area (Å²) in [4.78, 5) is 28.2. The molecule has 6 rings (SSSR count). The van der Waals surface area contributed by atoms with Crippen LogP contribution in [0.15, 0.2) is 48.7 Å². The zero-order valence-corrected chi connectivity index (χ0v) is 25.2. The van der Waals surface area contributed by atoms with Crippen LogP contribution in [0.25, 0.3) is 0 Å². The fraction of sp³-hybridized carbons (Fsp3) is 0.433. The zero-order chi connectivity index (χ0) is 28.9. The van der Waals surface area contributed by atoms with E-state index in [2.05, 4.69) is 5.10 Å². The minimum atomic E-state index is -4.45. The van der Waals surface area contributed by atoms with Gasteiger partial charge in [0, 0.05) is 43.6 Å². The number of amides is 1. The summed E-state index contributed by atoms with van der Waals surface area (Å²) >= 11 is 0. The molecule has 1 saturated carbocycles. The van der Waals surface area contributed by atoms with Crippen molar-refractivity contribution in [3.8, 4) is 0 Å². The number of halogens is 4. The van der Waals surface area contributed by atoms with Gasteiger partial charge in [0.25, 0.3) is 5.91 Å². The summed E-state index contributed by atoms with van der Waals surface area (Å²) in [5.74, 6) is -2.41. The first kappa shape index (κ1) is 30.6. The molecule has 1 aliphatic carbocycles. The fourth-order valence-corrected chi connectivity index (χ4v) is 6.31. The van der Waals surface area contributed by atoms with Crippen molar-refractivity contribution in [3.05, 3.63) is 82.4 Å². The molecule has 0 spiro atoms. The average Bonchev–Trinajstić information content (AvgIpc) is 3.50. The number of carbonyl (C=O) groups excluding carboxylic acids is 2. The van der Waals surface area contributed by atoms with Crippen molar-refractivity contribution in [2.45, 2.75) is 56.2 Å². The van der Waals surface area contributed by atoms with Gasteiger partial charge in [-0.3, -0.25) is 9.48 Å². The monoisotopic (exact) mass is 592 g/mol. The van der Waals surface area contributed by atoms with Gasteiger partial charge in [-0.05, 0) is 55.9 Å². The summed E-state index contributed by atoms with van der Waals surface area (Å²) in [6, 6.07) is 9.36. The Morgan fingerprint density at radius 2 is 1.64 bits per heavy atom. The maximum atomic E-state index is 14.6. The number of piperidine rings is 1. The molecule has 3 aliphatic rings. The van der Waals surface area contributed by atoms with Crippen LogP contribution in [0.5, 0.6) is 0 Å². The number of likely N-dealkylation sites (tertiary alicyclic amines) is 1. The van der Waals surface area contributed by atoms with Crippen LogP contribution in [-0.4, -0.2) is 52.7 Å². The second-order valence-corrected chi connectivity index (χ2v) is 11.2. The molecular weight excluding hydrogens is 563 g/mol. The molecule has 216 valence electrons. The molecule has 0 bridgehead atoms. The van der Waals surface area contributed by atoms with E-state index in [-0.39, 0.29) is 71.0 Å². The van der Waals surface area contributed by atoms with Crippen molar-refractivity contribution in [1.29, 1.82) is 0 Å². The summed E-state index contributed by atoms with van der Waals surface area (Å²) in [6.07, 6.45) is 0.829. The Bertz CT molecular complexity index is 1480. The first-order valence-electron chi connectivity index (χ1n) is 13.9. The van der Waals surface area contributed by atoms with Gasteiger partial charge in [0.05, 0.1) is 40.7 Å². The number of hydrogen-bond acceptors (Lipinski definition) is 5. The summed E-state index contributed by atoms with van der Waals surface area (Å²) in [6.45, 7) is 1.67. The molecule has 3 aromatic rings. The predicted octanol–water partition coefficient (Wildman–Crippen LogP) is 1.76. The van der Waals surface area contributed by atoms with Crippen LogP contribution in [0, 0.1) is 5.82 Å². The molecule has 2 aliphatic heterocycles. The van der Waals surface area contributed by atoms with Crippen molar-refractivity contribution in [1.82, 2.24) is 14.7 Å². The number of rotatable bonds is 6. The smallest absolute Gasteiger partial charge is 0.545 e. The second kappa shape index (κ2) is 12.0. The Hall–Kier alpha value is -2.89. The molecule has 0 radical (unpaired) electrons. The molecule has 1 unspecified atom stereocenters. The number of carbonyl (C=O) groups is 2. The van der Waals surface area contributed by atoms with Crippen molar-refractivity contribution in [3.63, 3.8) is 0 Å². The molecule has 3 heterocycles. The third-order valence-corrected chi connectivity index (χ3v) is 8.54. The van der Waals surface area contributed by atoms with Crippen molar-refractivity contribution in [2.24, 2.45) is 0 Å². The Morgan fingerprint density at radius 3 is 2.29 bits per heavy atom. The molecule has 3 fully saturated rings. The maximum absolute atomic E-state index is 14.6. The molecule has 1 atom stereocenters. The van der Waals surface area contributed by atoms with Crippen molar-refractivity contribution in [2.75, 3.05) is 31.1 Å². The molecule has 0 N–H and O–H groups in total. The van der Waals surface area contributed by atoms with E-state index in [0.29, 0.717) is 50.1 Å². The molecule has 1 amide bonds. The van der Waals surface area contributed by atoms with Gasteiger partial charge in [-0.1, -0.05) is 24.3 Å². The fourth-order valence-electron chi connectivity index (χ4n) is 6.31. The number of hydrogen-bond donors (Lipinski definition) is 0. The van der Waals surface area contributed by atoms with Crippen LogP contribution in [0.1, 0.15) is 87.5 Å². The number of carboxylic acids is 1. The van der Waals surface area contributed by atoms with Crippen LogP contribution < -0.4 is 39.6 Å². The third-order valence-electron chi connectivity index (χ3n) is 8.54. The number of nitrogens with zero attached hydrogens (tertiary/aromatic N) is 4. The number of anilines is 1. The topological polar surface area (TPSA) is 81.5 Å². The minimum absolute atomic E-state index is 0. The summed E-state index contributed by atoms with van der Waals surface area (Å²) < 4.78 is 57.3. The van der Waals surface area contributed by atoms with Gasteiger partial charge >= 0.3 is 35.7 Å². The third kappa shape index (κ3) is 5.96. The van der Waals surface area contributed by atoms with E-state index in [0.717, 1.165) is 30.7 Å². The van der Waals surface area contributed by atoms with E-state index in [1.54, 1.807) is 17.2 Å². The van der Waals surface area contributed by atoms with Gasteiger partial charge in [-0.15, -0.1) is 0 Å². The Kier molecular flexibility index (Phi) is 8.74. The van der Waals surface area contributed by atoms with Crippen molar-refractivity contribution < 1.29 is 61.8 Å². The number of benzene rings is 2. The minimum Gasteiger partial charge on any atom is -0.545 e. The molecule has 1 aromatic heterocycles. The number of carboxylic acid groups (broad SMARTS) is 1. The van der Waals surface area contributed by atoms with E-state index in [1.807, 2.05) is 9.58 Å². The van der Waals surface area contributed by atoms with E-state index >= 15 is 0 Å². The molecule has 2 saturated heterocycles. The van der Waals surface area contributed by atoms with E-state index in [4.69, 9.17) is 0 Å². The van der Waals surface area contributed by atoms with Gasteiger partial charge in [0.2, 0.25) is 0 Å². The van der Waals surface area contributed by atoms with Crippen molar-refractivity contribution >= 4 is 17.6 Å². The largest absolute Gasteiger partial charge is 1.00 e. The summed E-state index contributed by atoms with van der Waals surface area (Å²) in [5.41, 5.74) is 1.11. The van der Waals surface area contributed by atoms with Gasteiger partial charge < -0.3 is 19.7 Å². The van der Waals surface area contributed by atoms with Crippen LogP contribution in [0.4, 0.5) is 23.2 Å². The normalized spacial score (nSPS) is 19.6. The van der Waals surface area contributed by atoms with E-state index in [1.165, 1.54) is 24.3 Å². The van der Waals surface area contributed by atoms with Crippen LogP contribution >= 0.6 is 0 Å². The standard InChI is InChI=1S/C30H30F4N4O3.Na/c31-25-15-19(29(40)41)7-8-26(25)36-13-10-21(11-14-36)38-27(18-5-6-18)23(16-35-38)28(39)37-12-9-20(17-37)22-3-1-2-4-24(22)30(32,33)34;/h1-4,7-8,15-16,18,20-21H,5-6,9-14,17H2,(H,40,41);/q;+1/p-1. The SMILES string of the molecule is O=C([O-])c1ccc(N2CCC(n3ncc(C(=O)N4CCC(c5ccccc5C(F)(F)F)C4)c3C3CC3)CC2)c(F)c1.[Na+]. The molecule has 12 heteroatoms. The molecular formula is C30H29F4N4NaO3. The van der Waals surface area contributed by atoms with Crippen LogP contribution in [-0.2, 0) is 6.18 Å². The van der Waals surface area contributed by atoms with E-state index < -0.39 is 23.5 Å². The number of aromatic nitrogens is 2. The first-order chi connectivity index (χ1) is 19.6. The van der Waals surface area contributed by atoms with Crippen LogP contribution in [0.3, 0.4) is 0 Å². The maximum Gasteiger partial charge on any atom is 1.00 e. The molecule has 7 nitrogen and oxygen atoms in total. The predicted molar refractivity (Wildman–Crippen MR) is 140 cm³/mol. The van der Waals surface area contributed by atoms with Crippen LogP contribution in [0.2, 0.25) is 0 Å². The average molecular weight is 593 g/mol. The molecule has 42 heavy (non-hydrogen) atoms. The Balaban J connectivity index is 0.00000353. The molecule has 2 aromatic carbocycles. The quantitative estimate of drug-likeness (QED) is 0.322. The van der Waals surface area contributed by atoms with Gasteiger partial charge in [-0.25, -0.2) is 4.39 Å². The number of aromatic carboxylic acids is 1. The summed E-state index contributed by atoms with van der Waals surface area (Å²) in [5, 5.41) is 15.6.